The Bertz CT molecular complexity index is 316. The smallest absolute Gasteiger partial charge is 0.140 e. The molecule has 1 heterocycles. The normalized spacial score (nSPS) is 12.4. The lowest BCUT2D eigenvalue weighted by atomic mass is 10.2. The van der Waals surface area contributed by atoms with Crippen LogP contribution in [0.4, 0.5) is 0 Å². The van der Waals surface area contributed by atoms with Crippen LogP contribution in [0.25, 0.3) is 0 Å². The molecule has 0 saturated carbocycles. The number of hydrogen-bond donors (Lipinski definition) is 2. The quantitative estimate of drug-likeness (QED) is 0.328. The van der Waals surface area contributed by atoms with Crippen LogP contribution in [0.3, 0.4) is 0 Å². The first-order valence-corrected chi connectivity index (χ1v) is 4.62. The molecule has 1 aromatic rings. The summed E-state index contributed by atoms with van der Waals surface area (Å²) in [7, 11) is 0. The van der Waals surface area contributed by atoms with Crippen LogP contribution in [0, 0.1) is 0 Å². The Labute approximate surface area is 83.2 Å². The van der Waals surface area contributed by atoms with Crippen LogP contribution < -0.4 is 5.73 Å². The third-order valence-corrected chi connectivity index (χ3v) is 2.00. The zero-order valence-corrected chi connectivity index (χ0v) is 8.51. The van der Waals surface area contributed by atoms with Crippen LogP contribution in [-0.4, -0.2) is 20.6 Å². The molecule has 78 valence electrons. The molecule has 0 unspecified atom stereocenters. The summed E-state index contributed by atoms with van der Waals surface area (Å²) in [5.41, 5.74) is 5.38. The van der Waals surface area contributed by atoms with Crippen molar-refractivity contribution in [1.82, 2.24) is 9.55 Å². The highest BCUT2D eigenvalue weighted by Gasteiger charge is 2.06. The van der Waals surface area contributed by atoms with Gasteiger partial charge in [-0.3, -0.25) is 0 Å². The molecule has 0 aliphatic heterocycles. The summed E-state index contributed by atoms with van der Waals surface area (Å²) in [5, 5.41) is 11.3. The molecule has 0 amide bonds. The zero-order valence-electron chi connectivity index (χ0n) is 8.51. The van der Waals surface area contributed by atoms with E-state index < -0.39 is 0 Å². The number of hydrogen-bond acceptors (Lipinski definition) is 3. The predicted octanol–water partition coefficient (Wildman–Crippen LogP) is 1.14. The van der Waals surface area contributed by atoms with Gasteiger partial charge in [0.05, 0.1) is 0 Å². The first-order valence-electron chi connectivity index (χ1n) is 4.62. The van der Waals surface area contributed by atoms with Crippen molar-refractivity contribution in [2.24, 2.45) is 10.9 Å². The Balaban J connectivity index is 2.63. The molecule has 5 nitrogen and oxygen atoms in total. The molecule has 3 N–H and O–H groups in total. The number of nitrogens with zero attached hydrogens (tertiary/aromatic N) is 3. The fourth-order valence-electron chi connectivity index (χ4n) is 1.30. The van der Waals surface area contributed by atoms with Gasteiger partial charge < -0.3 is 15.5 Å². The van der Waals surface area contributed by atoms with Gasteiger partial charge in [-0.1, -0.05) is 19.0 Å². The Morgan fingerprint density at radius 2 is 2.43 bits per heavy atom. The summed E-state index contributed by atoms with van der Waals surface area (Å²) >= 11 is 0. The van der Waals surface area contributed by atoms with E-state index in [0.717, 1.165) is 5.82 Å². The molecular formula is C9H16N4O. The van der Waals surface area contributed by atoms with Crippen LogP contribution in [0.15, 0.2) is 17.5 Å². The number of rotatable bonds is 4. The number of imidazole rings is 1. The molecule has 0 aliphatic carbocycles. The lowest BCUT2D eigenvalue weighted by Gasteiger charge is -2.09. The summed E-state index contributed by atoms with van der Waals surface area (Å²) in [6.07, 6.45) is 4.20. The van der Waals surface area contributed by atoms with Crippen molar-refractivity contribution in [3.8, 4) is 0 Å². The predicted molar refractivity (Wildman–Crippen MR) is 54.3 cm³/mol. The number of aromatic nitrogens is 2. The molecular weight excluding hydrogens is 180 g/mol. The van der Waals surface area contributed by atoms with Gasteiger partial charge >= 0.3 is 0 Å². The molecule has 1 rings (SSSR count). The number of oxime groups is 1. The van der Waals surface area contributed by atoms with Crippen LogP contribution in [-0.2, 0) is 6.54 Å². The summed E-state index contributed by atoms with van der Waals surface area (Å²) in [6, 6.07) is 0. The summed E-state index contributed by atoms with van der Waals surface area (Å²) < 4.78 is 2.02. The summed E-state index contributed by atoms with van der Waals surface area (Å²) in [6.45, 7) is 4.87. The topological polar surface area (TPSA) is 76.4 Å². The van der Waals surface area contributed by atoms with Crippen molar-refractivity contribution in [2.75, 3.05) is 0 Å². The van der Waals surface area contributed by atoms with Crippen LogP contribution in [0.5, 0.6) is 0 Å². The minimum Gasteiger partial charge on any atom is -0.409 e. The number of amidine groups is 1. The summed E-state index contributed by atoms with van der Waals surface area (Å²) in [5.74, 6) is 1.65. The summed E-state index contributed by atoms with van der Waals surface area (Å²) in [4.78, 5) is 4.24. The van der Waals surface area contributed by atoms with Gasteiger partial charge in [-0.05, 0) is 0 Å². The fourth-order valence-corrected chi connectivity index (χ4v) is 1.30. The van der Waals surface area contributed by atoms with E-state index in [2.05, 4.69) is 24.0 Å². The second-order valence-corrected chi connectivity index (χ2v) is 3.47. The molecule has 1 aromatic heterocycles. The van der Waals surface area contributed by atoms with Gasteiger partial charge in [-0.2, -0.15) is 0 Å². The SMILES string of the molecule is CC(C)c1nccn1CC/C(N)=N/O. The Morgan fingerprint density at radius 1 is 1.71 bits per heavy atom. The number of aryl methyl sites for hydroxylation is 1. The highest BCUT2D eigenvalue weighted by molar-refractivity contribution is 5.79. The highest BCUT2D eigenvalue weighted by Crippen LogP contribution is 2.11. The van der Waals surface area contributed by atoms with Gasteiger partial charge in [0, 0.05) is 31.3 Å². The minimum absolute atomic E-state index is 0.244. The van der Waals surface area contributed by atoms with Crippen LogP contribution in [0.1, 0.15) is 32.0 Å². The van der Waals surface area contributed by atoms with Gasteiger partial charge in [0.25, 0.3) is 0 Å². The first-order chi connectivity index (χ1) is 6.65. The maximum absolute atomic E-state index is 8.38. The second-order valence-electron chi connectivity index (χ2n) is 3.47. The Kier molecular flexibility index (Phi) is 3.50. The Hall–Kier alpha value is -1.52. The molecule has 0 saturated heterocycles. The lowest BCUT2D eigenvalue weighted by molar-refractivity contribution is 0.316. The third-order valence-electron chi connectivity index (χ3n) is 2.00. The molecule has 0 spiro atoms. The molecule has 0 fully saturated rings. The van der Waals surface area contributed by atoms with Crippen molar-refractivity contribution in [1.29, 1.82) is 0 Å². The lowest BCUT2D eigenvalue weighted by Crippen LogP contribution is -2.15. The average Bonchev–Trinajstić information content (AvgIpc) is 2.62. The van der Waals surface area contributed by atoms with Crippen molar-refractivity contribution in [3.63, 3.8) is 0 Å². The van der Waals surface area contributed by atoms with Gasteiger partial charge in [0.2, 0.25) is 0 Å². The maximum atomic E-state index is 8.38. The van der Waals surface area contributed by atoms with E-state index in [-0.39, 0.29) is 5.84 Å². The van der Waals surface area contributed by atoms with Crippen molar-refractivity contribution < 1.29 is 5.21 Å². The first kappa shape index (κ1) is 10.6. The van der Waals surface area contributed by atoms with Crippen molar-refractivity contribution in [2.45, 2.75) is 32.7 Å². The maximum Gasteiger partial charge on any atom is 0.140 e. The molecule has 5 heteroatoms. The molecule has 0 aromatic carbocycles. The number of nitrogens with two attached hydrogens (primary N) is 1. The van der Waals surface area contributed by atoms with E-state index in [0.29, 0.717) is 18.9 Å². The minimum atomic E-state index is 0.244. The van der Waals surface area contributed by atoms with E-state index in [1.807, 2.05) is 10.8 Å². The molecule has 0 aliphatic rings. The van der Waals surface area contributed by atoms with Gasteiger partial charge in [-0.15, -0.1) is 0 Å². The van der Waals surface area contributed by atoms with E-state index in [4.69, 9.17) is 10.9 Å². The zero-order chi connectivity index (χ0) is 10.6. The standard InChI is InChI=1S/C9H16N4O/c1-7(2)9-11-4-6-13(9)5-3-8(10)12-14/h4,6-7,14H,3,5H2,1-2H3,(H2,10,12). The Morgan fingerprint density at radius 3 is 3.00 bits per heavy atom. The molecule has 0 atom stereocenters. The third kappa shape index (κ3) is 2.48. The monoisotopic (exact) mass is 196 g/mol. The highest BCUT2D eigenvalue weighted by atomic mass is 16.4. The van der Waals surface area contributed by atoms with E-state index >= 15 is 0 Å². The average molecular weight is 196 g/mol. The molecule has 0 bridgehead atoms. The van der Waals surface area contributed by atoms with Crippen LogP contribution in [0.2, 0.25) is 0 Å². The van der Waals surface area contributed by atoms with Crippen molar-refractivity contribution in [3.05, 3.63) is 18.2 Å². The molecule has 14 heavy (non-hydrogen) atoms. The fraction of sp³-hybridized carbons (Fsp3) is 0.556. The van der Waals surface area contributed by atoms with E-state index in [1.165, 1.54) is 0 Å². The van der Waals surface area contributed by atoms with Gasteiger partial charge in [-0.25, -0.2) is 4.98 Å². The van der Waals surface area contributed by atoms with Crippen LogP contribution >= 0.6 is 0 Å². The largest absolute Gasteiger partial charge is 0.409 e. The second kappa shape index (κ2) is 4.64. The van der Waals surface area contributed by atoms with E-state index in [9.17, 15) is 0 Å². The van der Waals surface area contributed by atoms with E-state index in [1.54, 1.807) is 6.20 Å². The molecule has 0 radical (unpaired) electrons. The van der Waals surface area contributed by atoms with Crippen molar-refractivity contribution >= 4 is 5.84 Å². The van der Waals surface area contributed by atoms with Gasteiger partial charge in [0.15, 0.2) is 0 Å². The van der Waals surface area contributed by atoms with Gasteiger partial charge in [0.1, 0.15) is 11.7 Å².